The Balaban J connectivity index is 2.00. The average Bonchev–Trinajstić information content (AvgIpc) is 3.17. The van der Waals surface area contributed by atoms with Crippen LogP contribution in [0.25, 0.3) is 0 Å². The lowest BCUT2D eigenvalue weighted by Gasteiger charge is -2.36. The lowest BCUT2D eigenvalue weighted by atomic mass is 9.70. The third kappa shape index (κ3) is 3.47. The van der Waals surface area contributed by atoms with Crippen LogP contribution in [0.3, 0.4) is 0 Å². The van der Waals surface area contributed by atoms with E-state index in [1.165, 1.54) is 0 Å². The molecule has 0 aliphatic carbocycles. The number of carbonyl (C=O) groups is 3. The SMILES string of the molecule is CNC(=O)[C@H]1[C@@H]2SC3(CC2Br)C(C(=O)NC(C)(C)C)N(CCCCO)C(=O)[C@H]13. The number of halogens is 1. The van der Waals surface area contributed by atoms with Gasteiger partial charge >= 0.3 is 0 Å². The fourth-order valence-electron chi connectivity index (χ4n) is 4.97. The van der Waals surface area contributed by atoms with E-state index in [2.05, 4.69) is 26.6 Å². The smallest absolute Gasteiger partial charge is 0.244 e. The van der Waals surface area contributed by atoms with Crippen LogP contribution in [0.2, 0.25) is 0 Å². The normalized spacial score (nSPS) is 36.6. The monoisotopic (exact) mass is 475 g/mol. The van der Waals surface area contributed by atoms with E-state index in [0.29, 0.717) is 25.8 Å². The summed E-state index contributed by atoms with van der Waals surface area (Å²) in [5.74, 6) is -1.31. The number of nitrogens with zero attached hydrogens (tertiary/aromatic N) is 1. The van der Waals surface area contributed by atoms with Crippen molar-refractivity contribution in [3.63, 3.8) is 0 Å². The van der Waals surface area contributed by atoms with E-state index in [4.69, 9.17) is 5.11 Å². The molecule has 1 spiro atoms. The predicted molar refractivity (Wildman–Crippen MR) is 112 cm³/mol. The number of nitrogens with one attached hydrogen (secondary N) is 2. The second kappa shape index (κ2) is 7.80. The van der Waals surface area contributed by atoms with Crippen LogP contribution in [-0.4, -0.2) is 74.3 Å². The number of amides is 3. The summed E-state index contributed by atoms with van der Waals surface area (Å²) in [5.41, 5.74) is -0.416. The van der Waals surface area contributed by atoms with Gasteiger partial charge in [-0.2, -0.15) is 0 Å². The van der Waals surface area contributed by atoms with Crippen molar-refractivity contribution in [3.05, 3.63) is 0 Å². The van der Waals surface area contributed by atoms with Gasteiger partial charge in [0.2, 0.25) is 17.7 Å². The minimum Gasteiger partial charge on any atom is -0.396 e. The highest BCUT2D eigenvalue weighted by atomic mass is 79.9. The zero-order valence-corrected chi connectivity index (χ0v) is 19.2. The summed E-state index contributed by atoms with van der Waals surface area (Å²) in [6.45, 7) is 6.24. The molecule has 6 atom stereocenters. The number of hydrogen-bond acceptors (Lipinski definition) is 5. The third-order valence-corrected chi connectivity index (χ3v) is 9.11. The van der Waals surface area contributed by atoms with Crippen LogP contribution < -0.4 is 10.6 Å². The lowest BCUT2D eigenvalue weighted by molar-refractivity contribution is -0.140. The van der Waals surface area contributed by atoms with Crippen molar-refractivity contribution < 1.29 is 19.5 Å². The quantitative estimate of drug-likeness (QED) is 0.391. The van der Waals surface area contributed by atoms with E-state index in [9.17, 15) is 14.4 Å². The van der Waals surface area contributed by atoms with Gasteiger partial charge < -0.3 is 20.6 Å². The fourth-order valence-corrected chi connectivity index (χ4v) is 8.58. The van der Waals surface area contributed by atoms with Gasteiger partial charge in [0, 0.05) is 35.8 Å². The van der Waals surface area contributed by atoms with E-state index >= 15 is 0 Å². The highest BCUT2D eigenvalue weighted by Gasteiger charge is 2.75. The highest BCUT2D eigenvalue weighted by Crippen LogP contribution is 2.67. The molecule has 3 saturated heterocycles. The Labute approximate surface area is 178 Å². The van der Waals surface area contributed by atoms with Crippen LogP contribution in [0.1, 0.15) is 40.0 Å². The molecule has 0 aromatic heterocycles. The first kappa shape index (κ1) is 21.9. The van der Waals surface area contributed by atoms with Crippen LogP contribution >= 0.6 is 27.7 Å². The number of aliphatic hydroxyl groups is 1. The molecule has 3 rings (SSSR count). The number of carbonyl (C=O) groups excluding carboxylic acids is 3. The molecule has 0 saturated carbocycles. The Morgan fingerprint density at radius 1 is 1.32 bits per heavy atom. The second-order valence-electron chi connectivity index (χ2n) is 8.98. The van der Waals surface area contributed by atoms with Crippen molar-refractivity contribution >= 4 is 45.4 Å². The van der Waals surface area contributed by atoms with Crippen LogP contribution in [-0.2, 0) is 14.4 Å². The Hall–Kier alpha value is -0.800. The number of alkyl halides is 1. The Kier molecular flexibility index (Phi) is 6.10. The largest absolute Gasteiger partial charge is 0.396 e. The summed E-state index contributed by atoms with van der Waals surface area (Å²) >= 11 is 5.35. The first-order valence-electron chi connectivity index (χ1n) is 9.84. The standard InChI is InChI=1S/C19H30BrN3O4S/c1-18(2,3)22-16(26)14-19-9-10(20)13(28-19)11(15(25)21-4)12(19)17(27)23(14)7-5-6-8-24/h10-14,24H,5-9H2,1-4H3,(H,21,25)(H,22,26)/t10?,11-,12+,13-,14?,19?/m1/s1. The summed E-state index contributed by atoms with van der Waals surface area (Å²) in [7, 11) is 1.59. The third-order valence-electron chi connectivity index (χ3n) is 5.89. The molecule has 0 radical (unpaired) electrons. The zero-order valence-electron chi connectivity index (χ0n) is 16.8. The molecule has 3 fully saturated rings. The van der Waals surface area contributed by atoms with Gasteiger partial charge in [-0.1, -0.05) is 15.9 Å². The van der Waals surface area contributed by atoms with E-state index in [1.54, 1.807) is 23.7 Å². The molecular weight excluding hydrogens is 446 g/mol. The van der Waals surface area contributed by atoms with Gasteiger partial charge in [0.05, 0.1) is 16.6 Å². The van der Waals surface area contributed by atoms with E-state index in [1.807, 2.05) is 20.8 Å². The molecule has 9 heteroatoms. The van der Waals surface area contributed by atoms with Gasteiger partial charge in [-0.25, -0.2) is 0 Å². The molecule has 158 valence electrons. The molecule has 3 heterocycles. The number of unbranched alkanes of at least 4 members (excludes halogenated alkanes) is 1. The average molecular weight is 476 g/mol. The van der Waals surface area contributed by atoms with Crippen LogP contribution in [0.5, 0.6) is 0 Å². The second-order valence-corrected chi connectivity index (χ2v) is 11.7. The molecule has 7 nitrogen and oxygen atoms in total. The number of fused-ring (bicyclic) bond motifs is 1. The Bertz CT molecular complexity index is 670. The maximum absolute atomic E-state index is 13.5. The molecule has 3 unspecified atom stereocenters. The summed E-state index contributed by atoms with van der Waals surface area (Å²) in [6.07, 6.45) is 1.89. The first-order chi connectivity index (χ1) is 13.1. The van der Waals surface area contributed by atoms with Crippen molar-refractivity contribution in [2.45, 2.75) is 66.4 Å². The van der Waals surface area contributed by atoms with Gasteiger partial charge in [0.1, 0.15) is 6.04 Å². The molecular formula is C19H30BrN3O4S. The summed E-state index contributed by atoms with van der Waals surface area (Å²) in [5, 5.41) is 14.9. The number of thioether (sulfide) groups is 1. The zero-order chi connectivity index (χ0) is 20.9. The fraction of sp³-hybridized carbons (Fsp3) is 0.842. The van der Waals surface area contributed by atoms with Gasteiger partial charge in [-0.05, 0) is 40.0 Å². The van der Waals surface area contributed by atoms with Crippen LogP contribution in [0.15, 0.2) is 0 Å². The van der Waals surface area contributed by atoms with Gasteiger partial charge in [-0.15, -0.1) is 11.8 Å². The Morgan fingerprint density at radius 3 is 2.57 bits per heavy atom. The van der Waals surface area contributed by atoms with Crippen molar-refractivity contribution in [1.29, 1.82) is 0 Å². The maximum atomic E-state index is 13.5. The summed E-state index contributed by atoms with van der Waals surface area (Å²) in [4.78, 5) is 41.2. The number of aliphatic hydroxyl groups excluding tert-OH is 1. The predicted octanol–water partition coefficient (Wildman–Crippen LogP) is 0.884. The molecule has 2 bridgehead atoms. The van der Waals surface area contributed by atoms with Crippen molar-refractivity contribution in [3.8, 4) is 0 Å². The van der Waals surface area contributed by atoms with Gasteiger partial charge in [-0.3, -0.25) is 14.4 Å². The number of rotatable bonds is 6. The molecule has 3 aliphatic heterocycles. The topological polar surface area (TPSA) is 98.7 Å². The highest BCUT2D eigenvalue weighted by molar-refractivity contribution is 9.09. The van der Waals surface area contributed by atoms with E-state index in [-0.39, 0.29) is 34.4 Å². The first-order valence-corrected chi connectivity index (χ1v) is 11.6. The van der Waals surface area contributed by atoms with Crippen molar-refractivity contribution in [1.82, 2.24) is 15.5 Å². The number of likely N-dealkylation sites (tertiary alicyclic amines) is 1. The molecule has 0 aromatic carbocycles. The molecule has 0 aromatic rings. The van der Waals surface area contributed by atoms with Gasteiger partial charge in [0.15, 0.2) is 0 Å². The maximum Gasteiger partial charge on any atom is 0.244 e. The Morgan fingerprint density at radius 2 is 2.00 bits per heavy atom. The summed E-state index contributed by atoms with van der Waals surface area (Å²) < 4.78 is -0.596. The van der Waals surface area contributed by atoms with Crippen LogP contribution in [0, 0.1) is 11.8 Å². The molecule has 3 amide bonds. The van der Waals surface area contributed by atoms with Crippen molar-refractivity contribution in [2.75, 3.05) is 20.2 Å². The number of hydrogen-bond donors (Lipinski definition) is 3. The van der Waals surface area contributed by atoms with Gasteiger partial charge in [0.25, 0.3) is 0 Å². The summed E-state index contributed by atoms with van der Waals surface area (Å²) in [6, 6.07) is -0.604. The van der Waals surface area contributed by atoms with Crippen LogP contribution in [0.4, 0.5) is 0 Å². The molecule has 28 heavy (non-hydrogen) atoms. The minimum atomic E-state index is -0.604. The molecule has 3 N–H and O–H groups in total. The van der Waals surface area contributed by atoms with E-state index in [0.717, 1.165) is 0 Å². The molecule has 3 aliphatic rings. The van der Waals surface area contributed by atoms with Crippen molar-refractivity contribution in [2.24, 2.45) is 11.8 Å². The van der Waals surface area contributed by atoms with E-state index < -0.39 is 28.2 Å². The minimum absolute atomic E-state index is 0.0153. The lowest BCUT2D eigenvalue weighted by Crippen LogP contribution is -2.57.